The third-order valence-electron chi connectivity index (χ3n) is 4.31. The Morgan fingerprint density at radius 2 is 2.14 bits per heavy atom. The van der Waals surface area contributed by atoms with Crippen molar-refractivity contribution in [1.29, 1.82) is 0 Å². The number of rotatable bonds is 4. The molecule has 118 valence electrons. The Labute approximate surface area is 132 Å². The van der Waals surface area contributed by atoms with E-state index in [2.05, 4.69) is 46.6 Å². The van der Waals surface area contributed by atoms with Gasteiger partial charge >= 0.3 is 0 Å². The van der Waals surface area contributed by atoms with Gasteiger partial charge in [-0.1, -0.05) is 42.5 Å². The van der Waals surface area contributed by atoms with E-state index >= 15 is 0 Å². The largest absolute Gasteiger partial charge is 0.366 e. The van der Waals surface area contributed by atoms with Gasteiger partial charge in [-0.25, -0.2) is 0 Å². The minimum Gasteiger partial charge on any atom is -0.366 e. The van der Waals surface area contributed by atoms with E-state index in [1.165, 1.54) is 5.56 Å². The first-order valence-electron chi connectivity index (χ1n) is 8.14. The molecule has 2 aliphatic rings. The highest BCUT2D eigenvalue weighted by Crippen LogP contribution is 2.13. The summed E-state index contributed by atoms with van der Waals surface area (Å²) in [5, 5.41) is 3.13. The standard InChI is InChI=1S/C18H24N2O2/c21-18(19-16-9-5-2-6-10-16)17-14-20(11-12-22-17)13-15-7-3-1-4-8-15/h1-5,7-8,16-17H,6,9-14H2,(H,19,21)/t16-,17-/m1/s1. The molecule has 1 aromatic carbocycles. The van der Waals surface area contributed by atoms with Gasteiger partial charge in [-0.3, -0.25) is 9.69 Å². The maximum atomic E-state index is 12.4. The van der Waals surface area contributed by atoms with E-state index in [0.717, 1.165) is 32.4 Å². The summed E-state index contributed by atoms with van der Waals surface area (Å²) in [4.78, 5) is 14.7. The molecule has 1 N–H and O–H groups in total. The maximum absolute atomic E-state index is 12.4. The van der Waals surface area contributed by atoms with Crippen molar-refractivity contribution in [3.8, 4) is 0 Å². The van der Waals surface area contributed by atoms with Crippen LogP contribution in [0.5, 0.6) is 0 Å². The highest BCUT2D eigenvalue weighted by atomic mass is 16.5. The number of hydrogen-bond acceptors (Lipinski definition) is 3. The number of carbonyl (C=O) groups is 1. The summed E-state index contributed by atoms with van der Waals surface area (Å²) in [6.45, 7) is 3.05. The van der Waals surface area contributed by atoms with Gasteiger partial charge in [-0.2, -0.15) is 0 Å². The number of amides is 1. The van der Waals surface area contributed by atoms with Crippen molar-refractivity contribution < 1.29 is 9.53 Å². The molecule has 0 radical (unpaired) electrons. The number of benzene rings is 1. The number of morpholine rings is 1. The molecule has 3 rings (SSSR count). The fraction of sp³-hybridized carbons (Fsp3) is 0.500. The molecule has 1 fully saturated rings. The van der Waals surface area contributed by atoms with Crippen molar-refractivity contribution in [1.82, 2.24) is 10.2 Å². The molecule has 0 spiro atoms. The third-order valence-corrected chi connectivity index (χ3v) is 4.31. The lowest BCUT2D eigenvalue weighted by Gasteiger charge is -2.33. The molecule has 1 amide bonds. The number of hydrogen-bond donors (Lipinski definition) is 1. The SMILES string of the molecule is O=C(N[C@@H]1CC=CCC1)[C@H]1CN(Cc2ccccc2)CCO1. The molecule has 22 heavy (non-hydrogen) atoms. The molecule has 0 bridgehead atoms. The van der Waals surface area contributed by atoms with E-state index in [1.807, 2.05) is 6.07 Å². The fourth-order valence-electron chi connectivity index (χ4n) is 3.07. The number of carbonyl (C=O) groups excluding carboxylic acids is 1. The van der Waals surface area contributed by atoms with Crippen LogP contribution in [0.4, 0.5) is 0 Å². The second kappa shape index (κ2) is 7.56. The Kier molecular flexibility index (Phi) is 5.24. The molecular weight excluding hydrogens is 276 g/mol. The van der Waals surface area contributed by atoms with Crippen LogP contribution in [0.25, 0.3) is 0 Å². The Morgan fingerprint density at radius 3 is 2.91 bits per heavy atom. The molecule has 4 heteroatoms. The Morgan fingerprint density at radius 1 is 1.27 bits per heavy atom. The molecule has 0 aromatic heterocycles. The van der Waals surface area contributed by atoms with Crippen LogP contribution >= 0.6 is 0 Å². The average molecular weight is 300 g/mol. The number of nitrogens with one attached hydrogen (secondary N) is 1. The first-order chi connectivity index (χ1) is 10.8. The highest BCUT2D eigenvalue weighted by Gasteiger charge is 2.28. The van der Waals surface area contributed by atoms with Gasteiger partial charge in [0.2, 0.25) is 0 Å². The topological polar surface area (TPSA) is 41.6 Å². The predicted octanol–water partition coefficient (Wildman–Crippen LogP) is 2.11. The van der Waals surface area contributed by atoms with Crippen molar-refractivity contribution in [3.05, 3.63) is 48.0 Å². The second-order valence-corrected chi connectivity index (χ2v) is 6.07. The normalized spacial score (nSPS) is 25.8. The lowest BCUT2D eigenvalue weighted by Crippen LogP contribution is -2.51. The van der Waals surface area contributed by atoms with Crippen molar-refractivity contribution in [2.45, 2.75) is 38.0 Å². The predicted molar refractivity (Wildman–Crippen MR) is 86.4 cm³/mol. The second-order valence-electron chi connectivity index (χ2n) is 6.07. The van der Waals surface area contributed by atoms with E-state index in [0.29, 0.717) is 13.2 Å². The van der Waals surface area contributed by atoms with Crippen LogP contribution < -0.4 is 5.32 Å². The van der Waals surface area contributed by atoms with Gasteiger partial charge < -0.3 is 10.1 Å². The highest BCUT2D eigenvalue weighted by molar-refractivity contribution is 5.81. The van der Waals surface area contributed by atoms with Crippen LogP contribution in [0.1, 0.15) is 24.8 Å². The van der Waals surface area contributed by atoms with Gasteiger partial charge in [-0.05, 0) is 24.8 Å². The molecule has 0 saturated carbocycles. The molecular formula is C18H24N2O2. The quantitative estimate of drug-likeness (QED) is 0.866. The van der Waals surface area contributed by atoms with Crippen LogP contribution in [-0.2, 0) is 16.1 Å². The van der Waals surface area contributed by atoms with E-state index in [4.69, 9.17) is 4.74 Å². The molecule has 1 aromatic rings. The summed E-state index contributed by atoms with van der Waals surface area (Å²) >= 11 is 0. The minimum absolute atomic E-state index is 0.0399. The van der Waals surface area contributed by atoms with Gasteiger partial charge in [0, 0.05) is 25.7 Å². The molecule has 1 aliphatic heterocycles. The van der Waals surface area contributed by atoms with Gasteiger partial charge in [-0.15, -0.1) is 0 Å². The van der Waals surface area contributed by atoms with Gasteiger partial charge in [0.1, 0.15) is 6.10 Å². The fourth-order valence-corrected chi connectivity index (χ4v) is 3.07. The van der Waals surface area contributed by atoms with E-state index in [1.54, 1.807) is 0 Å². The molecule has 1 aliphatic carbocycles. The van der Waals surface area contributed by atoms with Crippen LogP contribution in [0.15, 0.2) is 42.5 Å². The first-order valence-corrected chi connectivity index (χ1v) is 8.14. The van der Waals surface area contributed by atoms with Crippen molar-refractivity contribution in [3.63, 3.8) is 0 Å². The summed E-state index contributed by atoms with van der Waals surface area (Å²) in [5.41, 5.74) is 1.28. The summed E-state index contributed by atoms with van der Waals surface area (Å²) in [7, 11) is 0. The molecule has 1 saturated heterocycles. The molecule has 1 heterocycles. The molecule has 2 atom stereocenters. The third kappa shape index (κ3) is 4.18. The van der Waals surface area contributed by atoms with Gasteiger partial charge in [0.15, 0.2) is 0 Å². The number of allylic oxidation sites excluding steroid dienone is 1. The Bertz CT molecular complexity index is 515. The zero-order valence-corrected chi connectivity index (χ0v) is 12.9. The molecule has 0 unspecified atom stereocenters. The summed E-state index contributed by atoms with van der Waals surface area (Å²) in [6, 6.07) is 10.6. The minimum atomic E-state index is -0.344. The van der Waals surface area contributed by atoms with E-state index in [9.17, 15) is 4.79 Å². The maximum Gasteiger partial charge on any atom is 0.250 e. The molecule has 4 nitrogen and oxygen atoms in total. The monoisotopic (exact) mass is 300 g/mol. The van der Waals surface area contributed by atoms with E-state index < -0.39 is 0 Å². The smallest absolute Gasteiger partial charge is 0.250 e. The van der Waals surface area contributed by atoms with Crippen LogP contribution in [-0.4, -0.2) is 42.6 Å². The average Bonchev–Trinajstić information content (AvgIpc) is 2.57. The number of nitrogens with zero attached hydrogens (tertiary/aromatic N) is 1. The Hall–Kier alpha value is -1.65. The zero-order chi connectivity index (χ0) is 15.2. The zero-order valence-electron chi connectivity index (χ0n) is 12.9. The summed E-state index contributed by atoms with van der Waals surface area (Å²) in [6.07, 6.45) is 7.01. The van der Waals surface area contributed by atoms with Crippen LogP contribution in [0.3, 0.4) is 0 Å². The van der Waals surface area contributed by atoms with Gasteiger partial charge in [0.25, 0.3) is 5.91 Å². The van der Waals surface area contributed by atoms with Crippen molar-refractivity contribution in [2.75, 3.05) is 19.7 Å². The number of ether oxygens (including phenoxy) is 1. The van der Waals surface area contributed by atoms with Crippen molar-refractivity contribution in [2.24, 2.45) is 0 Å². The summed E-state index contributed by atoms with van der Waals surface area (Å²) in [5.74, 6) is 0.0399. The Balaban J connectivity index is 1.51. The van der Waals surface area contributed by atoms with E-state index in [-0.39, 0.29) is 18.1 Å². The lowest BCUT2D eigenvalue weighted by atomic mass is 10.0. The van der Waals surface area contributed by atoms with Gasteiger partial charge in [0.05, 0.1) is 6.61 Å². The first kappa shape index (κ1) is 15.3. The lowest BCUT2D eigenvalue weighted by molar-refractivity contribution is -0.139. The van der Waals surface area contributed by atoms with Crippen molar-refractivity contribution >= 4 is 5.91 Å². The summed E-state index contributed by atoms with van der Waals surface area (Å²) < 4.78 is 5.68. The van der Waals surface area contributed by atoms with Crippen LogP contribution in [0, 0.1) is 0 Å². The van der Waals surface area contributed by atoms with Crippen LogP contribution in [0.2, 0.25) is 0 Å².